The molecule has 0 saturated heterocycles. The van der Waals surface area contributed by atoms with Gasteiger partial charge in [0.2, 0.25) is 0 Å². The molecule has 0 aliphatic heterocycles. The Morgan fingerprint density at radius 3 is 2.43 bits per heavy atom. The van der Waals surface area contributed by atoms with Crippen molar-refractivity contribution in [2.75, 3.05) is 14.2 Å². The van der Waals surface area contributed by atoms with Crippen LogP contribution in [0.3, 0.4) is 0 Å². The van der Waals surface area contributed by atoms with Crippen molar-refractivity contribution in [1.29, 1.82) is 0 Å². The summed E-state index contributed by atoms with van der Waals surface area (Å²) in [5, 5.41) is 5.30. The molecule has 1 aromatic heterocycles. The molecule has 11 heteroatoms. The van der Waals surface area contributed by atoms with Crippen molar-refractivity contribution in [3.05, 3.63) is 112 Å². The smallest absolute Gasteiger partial charge is 0.347 e. The summed E-state index contributed by atoms with van der Waals surface area (Å²) >= 11 is 12.4. The van der Waals surface area contributed by atoms with Crippen LogP contribution in [0.15, 0.2) is 84.0 Å². The topological polar surface area (TPSA) is 102 Å². The zero-order valence-corrected chi connectivity index (χ0v) is 23.7. The molecule has 42 heavy (non-hydrogen) atoms. The number of methoxy groups -OCH3 is 2. The van der Waals surface area contributed by atoms with Crippen molar-refractivity contribution in [1.82, 2.24) is 10.4 Å². The number of ether oxygens (including phenoxy) is 3. The van der Waals surface area contributed by atoms with Gasteiger partial charge in [0.25, 0.3) is 5.91 Å². The summed E-state index contributed by atoms with van der Waals surface area (Å²) in [5.41, 5.74) is 4.42. The lowest BCUT2D eigenvalue weighted by Crippen LogP contribution is -2.19. The van der Waals surface area contributed by atoms with Crippen LogP contribution in [0.25, 0.3) is 22.0 Å². The number of aromatic nitrogens is 1. The number of nitrogens with zero attached hydrogens (tertiary/aromatic N) is 1. The second-order valence-corrected chi connectivity index (χ2v) is 9.70. The van der Waals surface area contributed by atoms with Gasteiger partial charge in [-0.25, -0.2) is 14.6 Å². The molecular formula is C31H22Cl2FN3O5. The van der Waals surface area contributed by atoms with Crippen molar-refractivity contribution in [2.24, 2.45) is 5.10 Å². The summed E-state index contributed by atoms with van der Waals surface area (Å²) < 4.78 is 30.7. The Balaban J connectivity index is 1.37. The molecule has 0 bridgehead atoms. The van der Waals surface area contributed by atoms with Gasteiger partial charge in [0, 0.05) is 26.6 Å². The van der Waals surface area contributed by atoms with E-state index in [-0.39, 0.29) is 28.3 Å². The molecule has 0 spiro atoms. The van der Waals surface area contributed by atoms with Crippen LogP contribution >= 0.6 is 23.2 Å². The molecule has 0 aliphatic carbocycles. The number of rotatable bonds is 8. The lowest BCUT2D eigenvalue weighted by atomic mass is 10.0. The minimum atomic E-state index is -0.689. The number of halogens is 3. The molecule has 2 N–H and O–H groups in total. The third-order valence-electron chi connectivity index (χ3n) is 6.30. The van der Waals surface area contributed by atoms with Crippen LogP contribution in [0.5, 0.6) is 17.2 Å². The van der Waals surface area contributed by atoms with Crippen LogP contribution in [0.1, 0.15) is 26.4 Å². The van der Waals surface area contributed by atoms with Crippen LogP contribution in [0.4, 0.5) is 4.39 Å². The molecule has 4 aromatic carbocycles. The number of carbonyl (C=O) groups is 2. The van der Waals surface area contributed by atoms with Gasteiger partial charge in [-0.15, -0.1) is 0 Å². The van der Waals surface area contributed by atoms with Crippen molar-refractivity contribution in [3.8, 4) is 28.4 Å². The molecule has 0 fully saturated rings. The molecular weight excluding hydrogens is 584 g/mol. The number of benzene rings is 4. The minimum absolute atomic E-state index is 0.0941. The highest BCUT2D eigenvalue weighted by atomic mass is 35.5. The standard InChI is InChI=1S/C31H22Cl2FN3O5/c1-40-24-13-11-18(32)15-21(24)31(39)42-25-12-10-17(14-26(25)41-2)16-35-37-30(38)29-27(19-6-3-4-8-22(19)33)20-7-5-9-23(34)28(20)36-29/h3-16,36H,1-2H3,(H,37,38). The zero-order valence-electron chi connectivity index (χ0n) is 22.2. The Hall–Kier alpha value is -4.86. The molecule has 0 unspecified atom stereocenters. The van der Waals surface area contributed by atoms with Crippen LogP contribution in [-0.2, 0) is 0 Å². The summed E-state index contributed by atoms with van der Waals surface area (Å²) in [7, 11) is 2.85. The number of hydrogen-bond donors (Lipinski definition) is 2. The highest BCUT2D eigenvalue weighted by Gasteiger charge is 2.22. The first-order valence-corrected chi connectivity index (χ1v) is 13.2. The van der Waals surface area contributed by atoms with Gasteiger partial charge >= 0.3 is 5.97 Å². The number of para-hydroxylation sites is 1. The second-order valence-electron chi connectivity index (χ2n) is 8.86. The predicted octanol–water partition coefficient (Wildman–Crippen LogP) is 7.28. The number of hydrazone groups is 1. The first-order chi connectivity index (χ1) is 20.3. The molecule has 212 valence electrons. The summed E-state index contributed by atoms with van der Waals surface area (Å²) in [4.78, 5) is 28.9. The highest BCUT2D eigenvalue weighted by molar-refractivity contribution is 6.34. The number of amides is 1. The zero-order chi connectivity index (χ0) is 29.8. The second kappa shape index (κ2) is 12.3. The van der Waals surface area contributed by atoms with Crippen molar-refractivity contribution >= 4 is 52.2 Å². The Morgan fingerprint density at radius 1 is 0.905 bits per heavy atom. The molecule has 1 heterocycles. The van der Waals surface area contributed by atoms with E-state index < -0.39 is 17.7 Å². The first kappa shape index (κ1) is 28.7. The lowest BCUT2D eigenvalue weighted by Gasteiger charge is -2.12. The maximum absolute atomic E-state index is 14.6. The normalized spacial score (nSPS) is 11.1. The van der Waals surface area contributed by atoms with Gasteiger partial charge in [0.1, 0.15) is 22.8 Å². The van der Waals surface area contributed by atoms with Gasteiger partial charge in [-0.05, 0) is 54.1 Å². The van der Waals surface area contributed by atoms with Gasteiger partial charge in [-0.1, -0.05) is 53.5 Å². The third kappa shape index (κ3) is 5.79. The van der Waals surface area contributed by atoms with Gasteiger partial charge in [0.15, 0.2) is 11.5 Å². The molecule has 0 radical (unpaired) electrons. The van der Waals surface area contributed by atoms with E-state index in [2.05, 4.69) is 15.5 Å². The number of aromatic amines is 1. The Kier molecular flexibility index (Phi) is 8.42. The predicted molar refractivity (Wildman–Crippen MR) is 160 cm³/mol. The van der Waals surface area contributed by atoms with E-state index in [1.165, 1.54) is 38.6 Å². The van der Waals surface area contributed by atoms with Crippen molar-refractivity contribution in [2.45, 2.75) is 0 Å². The van der Waals surface area contributed by atoms with E-state index in [1.54, 1.807) is 60.7 Å². The third-order valence-corrected chi connectivity index (χ3v) is 6.87. The van der Waals surface area contributed by atoms with Gasteiger partial charge in [0.05, 0.1) is 26.0 Å². The number of hydrogen-bond acceptors (Lipinski definition) is 6. The van der Waals surface area contributed by atoms with Gasteiger partial charge in [-0.2, -0.15) is 5.10 Å². The SMILES string of the molecule is COc1cc(C=NNC(=O)c2[nH]c3c(F)cccc3c2-c2ccccc2Cl)ccc1OC(=O)c1cc(Cl)ccc1OC. The average Bonchev–Trinajstić information content (AvgIpc) is 3.39. The maximum Gasteiger partial charge on any atom is 0.347 e. The number of nitrogens with one attached hydrogen (secondary N) is 2. The summed E-state index contributed by atoms with van der Waals surface area (Å²) in [5.74, 6) is -1.11. The first-order valence-electron chi connectivity index (χ1n) is 12.4. The summed E-state index contributed by atoms with van der Waals surface area (Å²) in [6.45, 7) is 0. The number of esters is 1. The van der Waals surface area contributed by atoms with E-state index >= 15 is 0 Å². The van der Waals surface area contributed by atoms with Crippen LogP contribution in [0, 0.1) is 5.82 Å². The monoisotopic (exact) mass is 605 g/mol. The number of H-pyrrole nitrogens is 1. The van der Waals surface area contributed by atoms with Gasteiger partial charge in [-0.3, -0.25) is 4.79 Å². The molecule has 1 amide bonds. The number of fused-ring (bicyclic) bond motifs is 1. The Bertz CT molecular complexity index is 1850. The highest BCUT2D eigenvalue weighted by Crippen LogP contribution is 2.37. The summed E-state index contributed by atoms with van der Waals surface area (Å²) in [6.07, 6.45) is 1.38. The minimum Gasteiger partial charge on any atom is -0.496 e. The molecule has 8 nitrogen and oxygen atoms in total. The quantitative estimate of drug-likeness (QED) is 0.0837. The van der Waals surface area contributed by atoms with Gasteiger partial charge < -0.3 is 19.2 Å². The fourth-order valence-corrected chi connectivity index (χ4v) is 4.76. The Labute approximate surface area is 249 Å². The van der Waals surface area contributed by atoms with E-state index in [0.29, 0.717) is 37.9 Å². The van der Waals surface area contributed by atoms with E-state index in [1.807, 2.05) is 0 Å². The van der Waals surface area contributed by atoms with Crippen molar-refractivity contribution in [3.63, 3.8) is 0 Å². The van der Waals surface area contributed by atoms with E-state index in [4.69, 9.17) is 37.4 Å². The fraction of sp³-hybridized carbons (Fsp3) is 0.0645. The van der Waals surface area contributed by atoms with Crippen LogP contribution < -0.4 is 19.6 Å². The maximum atomic E-state index is 14.6. The molecule has 5 rings (SSSR count). The largest absolute Gasteiger partial charge is 0.496 e. The summed E-state index contributed by atoms with van der Waals surface area (Å²) in [6, 6.07) is 20.9. The lowest BCUT2D eigenvalue weighted by molar-refractivity contribution is 0.0726. The molecule has 0 atom stereocenters. The van der Waals surface area contributed by atoms with E-state index in [9.17, 15) is 14.0 Å². The average molecular weight is 606 g/mol. The van der Waals surface area contributed by atoms with Crippen molar-refractivity contribution < 1.29 is 28.2 Å². The fourth-order valence-electron chi connectivity index (χ4n) is 4.36. The Morgan fingerprint density at radius 2 is 1.67 bits per heavy atom. The molecule has 0 aliphatic rings. The van der Waals surface area contributed by atoms with Crippen LogP contribution in [-0.4, -0.2) is 37.3 Å². The molecule has 5 aromatic rings. The number of carbonyl (C=O) groups excluding carboxylic acids is 2. The van der Waals surface area contributed by atoms with Crippen LogP contribution in [0.2, 0.25) is 10.0 Å². The molecule has 0 saturated carbocycles. The van der Waals surface area contributed by atoms with E-state index in [0.717, 1.165) is 0 Å².